The van der Waals surface area contributed by atoms with Crippen molar-refractivity contribution in [2.75, 3.05) is 67.7 Å². The number of unbranched alkanes of at least 4 members (excludes halogenated alkanes) is 10. The van der Waals surface area contributed by atoms with Crippen molar-refractivity contribution in [1.82, 2.24) is 9.80 Å². The summed E-state index contributed by atoms with van der Waals surface area (Å²) < 4.78 is 32.3. The molecule has 0 spiro atoms. The molecule has 9 heteroatoms. The maximum atomic E-state index is 6.91. The molecule has 0 aliphatic rings. The molecular weight excluding hydrogens is 500 g/mol. The molecule has 0 aromatic rings. The van der Waals surface area contributed by atoms with Crippen molar-refractivity contribution < 1.29 is 21.8 Å². The van der Waals surface area contributed by atoms with Crippen molar-refractivity contribution in [1.29, 1.82) is 0 Å². The third-order valence-corrected chi connectivity index (χ3v) is 13.8. The molecule has 0 amide bonds. The third kappa shape index (κ3) is 19.8. The van der Waals surface area contributed by atoms with Crippen molar-refractivity contribution >= 4 is 17.6 Å². The van der Waals surface area contributed by atoms with Crippen molar-refractivity contribution in [2.24, 2.45) is 0 Å². The maximum absolute atomic E-state index is 6.91. The van der Waals surface area contributed by atoms with Crippen molar-refractivity contribution in [2.45, 2.75) is 117 Å². The largest absolute Gasteiger partial charge is 0.493 e. The number of hydrogen-bond donors (Lipinski definition) is 0. The molecule has 37 heavy (non-hydrogen) atoms. The lowest BCUT2D eigenvalue weighted by Crippen LogP contribution is -2.59. The van der Waals surface area contributed by atoms with E-state index in [1.165, 1.54) is 77.3 Å². The zero-order valence-electron chi connectivity index (χ0n) is 26.1. The van der Waals surface area contributed by atoms with Crippen LogP contribution in [0.4, 0.5) is 0 Å². The average molecular weight is 565 g/mol. The van der Waals surface area contributed by atoms with E-state index in [1.807, 2.05) is 27.7 Å². The molecule has 0 N–H and O–H groups in total. The van der Waals surface area contributed by atoms with Crippen molar-refractivity contribution in [3.63, 3.8) is 0 Å². The Morgan fingerprint density at radius 2 is 0.676 bits per heavy atom. The first-order valence-corrected chi connectivity index (χ1v) is 19.2. The van der Waals surface area contributed by atoms with Gasteiger partial charge in [-0.3, -0.25) is 0 Å². The Morgan fingerprint density at radius 1 is 0.405 bits per heavy atom. The predicted octanol–water partition coefficient (Wildman–Crippen LogP) is 6.83. The zero-order valence-corrected chi connectivity index (χ0v) is 28.1. The topological polar surface area (TPSA) is 52.6 Å². The molecule has 0 bridgehead atoms. The van der Waals surface area contributed by atoms with Gasteiger partial charge in [0.05, 0.1) is 0 Å². The standard InChI is InChI=1S/C28H64N2O5Si2/c1-9-31-36(32-10-2,27-23-19-15-13-17-21-25-29(5)6)35-37(33-11-3,34-12-4)28-24-20-16-14-18-22-26-30(7)8/h9-28H2,1-8H3. The van der Waals surface area contributed by atoms with Gasteiger partial charge in [0.15, 0.2) is 0 Å². The molecule has 0 fully saturated rings. The number of hydrogen-bond acceptors (Lipinski definition) is 7. The van der Waals surface area contributed by atoms with Crippen LogP contribution in [-0.2, 0) is 21.8 Å². The monoisotopic (exact) mass is 564 g/mol. The first-order valence-electron chi connectivity index (χ1n) is 15.3. The molecule has 0 radical (unpaired) electrons. The SMILES string of the molecule is CCO[Si](CCCCCCCCN(C)C)(OCC)O[Si](CCCCCCCCN(C)C)(OCC)OCC. The fraction of sp³-hybridized carbons (Fsp3) is 1.00. The Balaban J connectivity index is 4.97. The molecule has 0 aliphatic heterocycles. The molecule has 0 heterocycles. The Bertz CT molecular complexity index is 447. The summed E-state index contributed by atoms with van der Waals surface area (Å²) in [6, 6.07) is 1.68. The van der Waals surface area contributed by atoms with Crippen LogP contribution in [0.1, 0.15) is 105 Å². The Hall–Kier alpha value is 0.154. The van der Waals surface area contributed by atoms with Crippen molar-refractivity contribution in [3.8, 4) is 0 Å². The zero-order chi connectivity index (χ0) is 27.8. The molecule has 0 saturated carbocycles. The average Bonchev–Trinajstić information content (AvgIpc) is 2.83. The van der Waals surface area contributed by atoms with Crippen LogP contribution >= 0.6 is 0 Å². The van der Waals surface area contributed by atoms with E-state index in [4.69, 9.17) is 21.8 Å². The highest BCUT2D eigenvalue weighted by Crippen LogP contribution is 2.30. The van der Waals surface area contributed by atoms with Gasteiger partial charge >= 0.3 is 17.6 Å². The van der Waals surface area contributed by atoms with Gasteiger partial charge in [-0.2, -0.15) is 0 Å². The second-order valence-corrected chi connectivity index (χ2v) is 16.3. The summed E-state index contributed by atoms with van der Waals surface area (Å²) in [7, 11) is 2.80. The minimum Gasteiger partial charge on any atom is -0.374 e. The van der Waals surface area contributed by atoms with E-state index in [2.05, 4.69) is 38.0 Å². The van der Waals surface area contributed by atoms with Crippen LogP contribution in [0.5, 0.6) is 0 Å². The molecule has 0 aliphatic carbocycles. The van der Waals surface area contributed by atoms with Crippen molar-refractivity contribution in [3.05, 3.63) is 0 Å². The lowest BCUT2D eigenvalue weighted by atomic mass is 10.1. The second kappa shape index (κ2) is 24.0. The van der Waals surface area contributed by atoms with E-state index in [-0.39, 0.29) is 0 Å². The summed E-state index contributed by atoms with van der Waals surface area (Å²) in [4.78, 5) is 4.53. The summed E-state index contributed by atoms with van der Waals surface area (Å²) in [5.74, 6) is 0. The smallest absolute Gasteiger partial charge is 0.374 e. The van der Waals surface area contributed by atoms with E-state index in [0.29, 0.717) is 26.4 Å². The van der Waals surface area contributed by atoms with E-state index in [1.54, 1.807) is 0 Å². The minimum absolute atomic E-state index is 0.590. The van der Waals surface area contributed by atoms with Gasteiger partial charge in [-0.15, -0.1) is 0 Å². The Labute approximate surface area is 233 Å². The summed E-state index contributed by atoms with van der Waals surface area (Å²) >= 11 is 0. The highest BCUT2D eigenvalue weighted by atomic mass is 28.5. The van der Waals surface area contributed by atoms with E-state index in [9.17, 15) is 0 Å². The quantitative estimate of drug-likeness (QED) is 0.0762. The van der Waals surface area contributed by atoms with Gasteiger partial charge in [0.1, 0.15) is 0 Å². The van der Waals surface area contributed by atoms with Crippen LogP contribution in [0.3, 0.4) is 0 Å². The highest BCUT2D eigenvalue weighted by molar-refractivity contribution is 6.75. The fourth-order valence-corrected chi connectivity index (χ4v) is 12.2. The molecule has 7 nitrogen and oxygen atoms in total. The highest BCUT2D eigenvalue weighted by Gasteiger charge is 2.52. The van der Waals surface area contributed by atoms with E-state index >= 15 is 0 Å². The van der Waals surface area contributed by atoms with Crippen LogP contribution in [0, 0.1) is 0 Å². The van der Waals surface area contributed by atoms with Gasteiger partial charge in [-0.1, -0.05) is 51.4 Å². The predicted molar refractivity (Wildman–Crippen MR) is 161 cm³/mol. The van der Waals surface area contributed by atoms with E-state index < -0.39 is 17.6 Å². The van der Waals surface area contributed by atoms with Gasteiger partial charge in [-0.25, -0.2) is 0 Å². The Morgan fingerprint density at radius 3 is 0.946 bits per heavy atom. The summed E-state index contributed by atoms with van der Waals surface area (Å²) in [6.07, 6.45) is 14.7. The number of rotatable bonds is 28. The second-order valence-electron chi connectivity index (χ2n) is 10.5. The lowest BCUT2D eigenvalue weighted by Gasteiger charge is -2.38. The van der Waals surface area contributed by atoms with Crippen LogP contribution in [0.25, 0.3) is 0 Å². The summed E-state index contributed by atoms with van der Waals surface area (Å²) in [6.45, 7) is 12.9. The van der Waals surface area contributed by atoms with E-state index in [0.717, 1.165) is 24.9 Å². The molecule has 0 saturated heterocycles. The number of nitrogens with zero attached hydrogens (tertiary/aromatic N) is 2. The minimum atomic E-state index is -2.89. The van der Waals surface area contributed by atoms with Crippen LogP contribution in [-0.4, -0.2) is 95.1 Å². The molecule has 0 aromatic heterocycles. The molecular formula is C28H64N2O5Si2. The molecule has 0 atom stereocenters. The maximum Gasteiger partial charge on any atom is 0.493 e. The molecule has 224 valence electrons. The van der Waals surface area contributed by atoms with Gasteiger partial charge in [0.25, 0.3) is 0 Å². The normalized spacial score (nSPS) is 12.8. The van der Waals surface area contributed by atoms with Gasteiger partial charge in [0, 0.05) is 38.5 Å². The summed E-state index contributed by atoms with van der Waals surface area (Å²) in [5, 5.41) is 0. The third-order valence-electron chi connectivity index (χ3n) is 6.44. The van der Waals surface area contributed by atoms with Crippen LogP contribution in [0.2, 0.25) is 12.1 Å². The fourth-order valence-electron chi connectivity index (χ4n) is 4.66. The van der Waals surface area contributed by atoms with Gasteiger partial charge < -0.3 is 31.6 Å². The van der Waals surface area contributed by atoms with Crippen LogP contribution in [0.15, 0.2) is 0 Å². The van der Waals surface area contributed by atoms with Gasteiger partial charge in [-0.05, 0) is 94.7 Å². The van der Waals surface area contributed by atoms with Gasteiger partial charge in [0.2, 0.25) is 0 Å². The molecule has 0 unspecified atom stereocenters. The lowest BCUT2D eigenvalue weighted by molar-refractivity contribution is 0.0487. The van der Waals surface area contributed by atoms with Crippen LogP contribution < -0.4 is 0 Å². The molecule has 0 aromatic carbocycles. The Kier molecular flexibility index (Phi) is 24.1. The first-order chi connectivity index (χ1) is 17.8. The first kappa shape index (κ1) is 37.2. The summed E-state index contributed by atoms with van der Waals surface area (Å²) in [5.41, 5.74) is 0. The molecule has 0 rings (SSSR count).